The third-order valence-electron chi connectivity index (χ3n) is 4.75. The van der Waals surface area contributed by atoms with E-state index < -0.39 is 0 Å². The Balaban J connectivity index is 1.33. The Morgan fingerprint density at radius 3 is 2.57 bits per heavy atom. The number of imidazole rings is 1. The van der Waals surface area contributed by atoms with Crippen molar-refractivity contribution in [3.8, 4) is 0 Å². The summed E-state index contributed by atoms with van der Waals surface area (Å²) in [7, 11) is 0. The van der Waals surface area contributed by atoms with E-state index in [4.69, 9.17) is 0 Å². The van der Waals surface area contributed by atoms with Crippen molar-refractivity contribution in [1.29, 1.82) is 0 Å². The van der Waals surface area contributed by atoms with Gasteiger partial charge in [-0.1, -0.05) is 36.0 Å². The van der Waals surface area contributed by atoms with Crippen molar-refractivity contribution in [3.63, 3.8) is 0 Å². The number of benzene rings is 2. The lowest BCUT2D eigenvalue weighted by Crippen LogP contribution is -2.49. The van der Waals surface area contributed by atoms with E-state index in [0.717, 1.165) is 16.2 Å². The van der Waals surface area contributed by atoms with Crippen molar-refractivity contribution in [1.82, 2.24) is 14.9 Å². The van der Waals surface area contributed by atoms with E-state index in [2.05, 4.69) is 9.97 Å². The highest BCUT2D eigenvalue weighted by Crippen LogP contribution is 2.28. The number of aromatic nitrogens is 2. The van der Waals surface area contributed by atoms with Crippen LogP contribution in [0, 0.1) is 10.1 Å². The summed E-state index contributed by atoms with van der Waals surface area (Å²) in [6, 6.07) is 14.5. The first-order valence-corrected chi connectivity index (χ1v) is 9.94. The molecule has 2 heterocycles. The number of H-pyrrole nitrogens is 1. The van der Waals surface area contributed by atoms with Gasteiger partial charge in [0, 0.05) is 32.2 Å². The SMILES string of the molecule is O=C(CSc1nc2ccccc2[nH]1)N1CCN(c2ccccc2[N+](=O)[O-])CC1. The Kier molecular flexibility index (Phi) is 5.16. The molecule has 3 aromatic rings. The number of nitro groups is 1. The summed E-state index contributed by atoms with van der Waals surface area (Å²) in [6.07, 6.45) is 0. The van der Waals surface area contributed by atoms with Gasteiger partial charge in [-0.15, -0.1) is 0 Å². The molecule has 28 heavy (non-hydrogen) atoms. The van der Waals surface area contributed by atoms with Crippen LogP contribution in [0.1, 0.15) is 0 Å². The van der Waals surface area contributed by atoms with Crippen molar-refractivity contribution >= 4 is 40.1 Å². The standard InChI is InChI=1S/C19H19N5O3S/c25-18(13-28-19-20-14-5-1-2-6-15(14)21-19)23-11-9-22(10-12-23)16-7-3-4-8-17(16)24(26)27/h1-8H,9-13H2,(H,20,21). The average Bonchev–Trinajstić information content (AvgIpc) is 3.15. The molecule has 1 fully saturated rings. The molecule has 1 N–H and O–H groups in total. The number of nitro benzene ring substituents is 1. The molecular weight excluding hydrogens is 378 g/mol. The first-order valence-electron chi connectivity index (χ1n) is 8.95. The molecule has 0 radical (unpaired) electrons. The van der Waals surface area contributed by atoms with Gasteiger partial charge in [0.15, 0.2) is 5.16 Å². The number of nitrogens with zero attached hydrogens (tertiary/aromatic N) is 4. The number of aromatic amines is 1. The van der Waals surface area contributed by atoms with Gasteiger partial charge in [0.1, 0.15) is 5.69 Å². The Labute approximate surface area is 165 Å². The summed E-state index contributed by atoms with van der Waals surface area (Å²) in [5, 5.41) is 12.0. The number of carbonyl (C=O) groups excluding carboxylic acids is 1. The fourth-order valence-electron chi connectivity index (χ4n) is 3.30. The Morgan fingerprint density at radius 1 is 1.11 bits per heavy atom. The second-order valence-corrected chi connectivity index (χ2v) is 7.43. The average molecular weight is 397 g/mol. The topological polar surface area (TPSA) is 95.4 Å². The van der Waals surface area contributed by atoms with Gasteiger partial charge < -0.3 is 14.8 Å². The second kappa shape index (κ2) is 7.89. The molecule has 1 saturated heterocycles. The van der Waals surface area contributed by atoms with Gasteiger partial charge in [-0.3, -0.25) is 14.9 Å². The van der Waals surface area contributed by atoms with E-state index >= 15 is 0 Å². The Bertz CT molecular complexity index is 980. The third kappa shape index (κ3) is 3.79. The summed E-state index contributed by atoms with van der Waals surface area (Å²) in [5.41, 5.74) is 2.55. The van der Waals surface area contributed by atoms with Crippen molar-refractivity contribution in [2.45, 2.75) is 5.16 Å². The predicted molar refractivity (Wildman–Crippen MR) is 109 cm³/mol. The number of rotatable bonds is 5. The van der Waals surface area contributed by atoms with Crippen LogP contribution in [0.25, 0.3) is 11.0 Å². The van der Waals surface area contributed by atoms with Crippen molar-refractivity contribution < 1.29 is 9.72 Å². The maximum atomic E-state index is 12.5. The summed E-state index contributed by atoms with van der Waals surface area (Å²) in [4.78, 5) is 34.9. The molecule has 1 amide bonds. The summed E-state index contributed by atoms with van der Waals surface area (Å²) < 4.78 is 0. The predicted octanol–water partition coefficient (Wildman–Crippen LogP) is 2.91. The highest BCUT2D eigenvalue weighted by atomic mass is 32.2. The number of amides is 1. The molecule has 0 saturated carbocycles. The summed E-state index contributed by atoms with van der Waals surface area (Å²) in [6.45, 7) is 2.24. The first-order chi connectivity index (χ1) is 13.6. The van der Waals surface area contributed by atoms with Gasteiger partial charge in [-0.25, -0.2) is 4.98 Å². The molecule has 0 atom stereocenters. The number of nitrogens with one attached hydrogen (secondary N) is 1. The summed E-state index contributed by atoms with van der Waals surface area (Å²) >= 11 is 1.39. The number of thioether (sulfide) groups is 1. The normalized spacial score (nSPS) is 14.4. The van der Waals surface area contributed by atoms with Crippen LogP contribution in [0.15, 0.2) is 53.7 Å². The fraction of sp³-hybridized carbons (Fsp3) is 0.263. The van der Waals surface area contributed by atoms with Crippen LogP contribution >= 0.6 is 11.8 Å². The molecule has 0 aliphatic carbocycles. The van der Waals surface area contributed by atoms with Crippen LogP contribution in [0.2, 0.25) is 0 Å². The first kappa shape index (κ1) is 18.3. The van der Waals surface area contributed by atoms with Gasteiger partial charge in [-0.2, -0.15) is 0 Å². The number of fused-ring (bicyclic) bond motifs is 1. The number of hydrogen-bond acceptors (Lipinski definition) is 6. The zero-order valence-corrected chi connectivity index (χ0v) is 15.9. The monoisotopic (exact) mass is 397 g/mol. The van der Waals surface area contributed by atoms with Gasteiger partial charge in [-0.05, 0) is 18.2 Å². The highest BCUT2D eigenvalue weighted by Gasteiger charge is 2.25. The van der Waals surface area contributed by atoms with Crippen molar-refractivity contribution in [2.24, 2.45) is 0 Å². The molecule has 144 valence electrons. The third-order valence-corrected chi connectivity index (χ3v) is 5.61. The number of anilines is 1. The quantitative estimate of drug-likeness (QED) is 0.404. The minimum Gasteiger partial charge on any atom is -0.362 e. The van der Waals surface area contributed by atoms with Gasteiger partial charge >= 0.3 is 0 Å². The van der Waals surface area contributed by atoms with Crippen LogP contribution in [0.3, 0.4) is 0 Å². The van der Waals surface area contributed by atoms with E-state index in [-0.39, 0.29) is 16.5 Å². The van der Waals surface area contributed by atoms with E-state index in [1.165, 1.54) is 17.8 Å². The molecule has 0 bridgehead atoms. The van der Waals surface area contributed by atoms with Gasteiger partial charge in [0.05, 0.1) is 21.7 Å². The number of para-hydroxylation sites is 4. The lowest BCUT2D eigenvalue weighted by Gasteiger charge is -2.35. The van der Waals surface area contributed by atoms with Crippen LogP contribution in [0.5, 0.6) is 0 Å². The molecule has 1 aromatic heterocycles. The van der Waals surface area contributed by atoms with Crippen LogP contribution in [-0.2, 0) is 4.79 Å². The zero-order valence-electron chi connectivity index (χ0n) is 15.1. The van der Waals surface area contributed by atoms with Crippen molar-refractivity contribution in [3.05, 3.63) is 58.6 Å². The minimum atomic E-state index is -0.364. The molecule has 0 spiro atoms. The Morgan fingerprint density at radius 2 is 1.82 bits per heavy atom. The molecular formula is C19H19N5O3S. The van der Waals surface area contributed by atoms with E-state index in [1.807, 2.05) is 29.2 Å². The van der Waals surface area contributed by atoms with Crippen molar-refractivity contribution in [2.75, 3.05) is 36.8 Å². The summed E-state index contributed by atoms with van der Waals surface area (Å²) in [5.74, 6) is 0.360. The van der Waals surface area contributed by atoms with Crippen LogP contribution in [0.4, 0.5) is 11.4 Å². The largest absolute Gasteiger partial charge is 0.362 e. The number of piperazine rings is 1. The maximum absolute atomic E-state index is 12.5. The number of carbonyl (C=O) groups is 1. The molecule has 4 rings (SSSR count). The molecule has 1 aliphatic rings. The second-order valence-electron chi connectivity index (χ2n) is 6.46. The van der Waals surface area contributed by atoms with E-state index in [9.17, 15) is 14.9 Å². The highest BCUT2D eigenvalue weighted by molar-refractivity contribution is 7.99. The minimum absolute atomic E-state index is 0.0488. The molecule has 9 heteroatoms. The number of hydrogen-bond donors (Lipinski definition) is 1. The molecule has 2 aromatic carbocycles. The van der Waals surface area contributed by atoms with E-state index in [1.54, 1.807) is 23.1 Å². The smallest absolute Gasteiger partial charge is 0.292 e. The lowest BCUT2D eigenvalue weighted by molar-refractivity contribution is -0.384. The van der Waals surface area contributed by atoms with E-state index in [0.29, 0.717) is 37.6 Å². The lowest BCUT2D eigenvalue weighted by atomic mass is 10.2. The molecule has 8 nitrogen and oxygen atoms in total. The molecule has 1 aliphatic heterocycles. The van der Waals surface area contributed by atoms with Crippen LogP contribution < -0.4 is 4.90 Å². The van der Waals surface area contributed by atoms with Gasteiger partial charge in [0.2, 0.25) is 5.91 Å². The zero-order chi connectivity index (χ0) is 19.5. The Hall–Kier alpha value is -3.07. The van der Waals surface area contributed by atoms with Gasteiger partial charge in [0.25, 0.3) is 5.69 Å². The van der Waals surface area contributed by atoms with Crippen LogP contribution in [-0.4, -0.2) is 57.6 Å². The molecule has 0 unspecified atom stereocenters. The fourth-order valence-corrected chi connectivity index (χ4v) is 4.09. The maximum Gasteiger partial charge on any atom is 0.292 e.